The van der Waals surface area contributed by atoms with Crippen LogP contribution in [0.15, 0.2) is 40.9 Å². The average Bonchev–Trinajstić information content (AvgIpc) is 3.30. The summed E-state index contributed by atoms with van der Waals surface area (Å²) in [6.45, 7) is 9.00. The van der Waals surface area contributed by atoms with Crippen LogP contribution in [-0.4, -0.2) is 52.9 Å². The van der Waals surface area contributed by atoms with E-state index in [-0.39, 0.29) is 29.0 Å². The second-order valence-electron chi connectivity index (χ2n) is 10.1. The summed E-state index contributed by atoms with van der Waals surface area (Å²) >= 11 is 0. The number of likely N-dealkylation sites (tertiary alicyclic amines) is 1. The number of aromatic nitrogens is 1. The minimum Gasteiger partial charge on any atom is -0.356 e. The third kappa shape index (κ3) is 3.95. The highest BCUT2D eigenvalue weighted by molar-refractivity contribution is 6.21. The highest BCUT2D eigenvalue weighted by atomic mass is 19.1. The van der Waals surface area contributed by atoms with Gasteiger partial charge in [0, 0.05) is 30.5 Å². The monoisotopic (exact) mass is 449 g/mol. The van der Waals surface area contributed by atoms with Crippen molar-refractivity contribution in [3.8, 4) is 0 Å². The lowest BCUT2D eigenvalue weighted by molar-refractivity contribution is 0.0629. The lowest BCUT2D eigenvalue weighted by Gasteiger charge is -2.32. The minimum absolute atomic E-state index is 0.0839. The number of hydrogen-bond donors (Lipinski definition) is 0. The molecule has 0 N–H and O–H groups in total. The maximum atomic E-state index is 13.4. The number of carbonyl (C=O) groups excluding carboxylic acids is 2. The van der Waals surface area contributed by atoms with Crippen molar-refractivity contribution in [2.24, 2.45) is 0 Å². The van der Waals surface area contributed by atoms with Gasteiger partial charge in [0.2, 0.25) is 0 Å². The van der Waals surface area contributed by atoms with Crippen LogP contribution in [0, 0.1) is 5.82 Å². The fraction of sp³-hybridized carbons (Fsp3) is 0.423. The summed E-state index contributed by atoms with van der Waals surface area (Å²) in [5, 5.41) is 5.07. The van der Waals surface area contributed by atoms with Crippen LogP contribution in [0.25, 0.3) is 11.0 Å². The molecule has 0 unspecified atom stereocenters. The van der Waals surface area contributed by atoms with Crippen molar-refractivity contribution >= 4 is 22.8 Å². The Balaban J connectivity index is 1.20. The van der Waals surface area contributed by atoms with Crippen LogP contribution >= 0.6 is 0 Å². The summed E-state index contributed by atoms with van der Waals surface area (Å²) in [6, 6.07) is 10.1. The molecular formula is C26H28FN3O3. The summed E-state index contributed by atoms with van der Waals surface area (Å²) in [5.74, 6) is -0.477. The van der Waals surface area contributed by atoms with Crippen molar-refractivity contribution < 1.29 is 18.5 Å². The van der Waals surface area contributed by atoms with Crippen molar-refractivity contribution in [1.29, 1.82) is 0 Å². The zero-order valence-corrected chi connectivity index (χ0v) is 19.2. The Morgan fingerprint density at radius 2 is 1.73 bits per heavy atom. The number of carbonyl (C=O) groups is 2. The Morgan fingerprint density at radius 1 is 1.00 bits per heavy atom. The zero-order valence-electron chi connectivity index (χ0n) is 19.2. The molecule has 7 heteroatoms. The number of fused-ring (bicyclic) bond motifs is 2. The summed E-state index contributed by atoms with van der Waals surface area (Å²) in [6.07, 6.45) is 1.80. The Morgan fingerprint density at radius 3 is 2.45 bits per heavy atom. The first-order valence-electron chi connectivity index (χ1n) is 11.5. The van der Waals surface area contributed by atoms with E-state index in [0.717, 1.165) is 42.6 Å². The van der Waals surface area contributed by atoms with Crippen LogP contribution in [-0.2, 0) is 5.41 Å². The van der Waals surface area contributed by atoms with Crippen molar-refractivity contribution in [3.63, 3.8) is 0 Å². The molecule has 1 saturated heterocycles. The second kappa shape index (κ2) is 8.06. The van der Waals surface area contributed by atoms with Crippen LogP contribution < -0.4 is 0 Å². The molecule has 2 aliphatic heterocycles. The lowest BCUT2D eigenvalue weighted by Crippen LogP contribution is -2.41. The fourth-order valence-electron chi connectivity index (χ4n) is 4.86. The van der Waals surface area contributed by atoms with E-state index < -0.39 is 0 Å². The quantitative estimate of drug-likeness (QED) is 0.538. The van der Waals surface area contributed by atoms with Crippen LogP contribution in [0.5, 0.6) is 0 Å². The smallest absolute Gasteiger partial charge is 0.261 e. The molecule has 5 rings (SSSR count). The fourth-order valence-corrected chi connectivity index (χ4v) is 4.86. The van der Waals surface area contributed by atoms with Crippen LogP contribution in [0.3, 0.4) is 0 Å². The summed E-state index contributed by atoms with van der Waals surface area (Å²) in [7, 11) is 0. The number of piperidine rings is 1. The number of benzene rings is 2. The van der Waals surface area contributed by atoms with E-state index >= 15 is 0 Å². The van der Waals surface area contributed by atoms with Gasteiger partial charge in [-0.15, -0.1) is 0 Å². The normalized spacial score (nSPS) is 17.9. The van der Waals surface area contributed by atoms with Crippen molar-refractivity contribution in [3.05, 3.63) is 64.6 Å². The van der Waals surface area contributed by atoms with E-state index in [1.54, 1.807) is 12.1 Å². The van der Waals surface area contributed by atoms with Gasteiger partial charge in [0.05, 0.1) is 16.8 Å². The van der Waals surface area contributed by atoms with Gasteiger partial charge < -0.3 is 9.42 Å². The molecule has 2 aliphatic rings. The van der Waals surface area contributed by atoms with Crippen molar-refractivity contribution in [1.82, 2.24) is 15.0 Å². The van der Waals surface area contributed by atoms with Crippen LogP contribution in [0.4, 0.5) is 4.39 Å². The maximum Gasteiger partial charge on any atom is 0.261 e. The molecule has 3 heterocycles. The standard InChI is InChI=1S/C26H28FN3O3/c1-26(2,3)17-4-6-19-21(14-17)25(32)30(24(19)31)13-12-29-10-8-16(9-11-29)23-20-7-5-18(27)15-22(20)33-28-23/h4-7,14-16H,8-13H2,1-3H3. The average molecular weight is 450 g/mol. The van der Waals surface area contributed by atoms with Gasteiger partial charge >= 0.3 is 0 Å². The van der Waals surface area contributed by atoms with E-state index in [1.807, 2.05) is 12.1 Å². The number of imide groups is 1. The Hall–Kier alpha value is -3.06. The predicted octanol–water partition coefficient (Wildman–Crippen LogP) is 4.74. The number of amides is 2. The minimum atomic E-state index is -0.331. The third-order valence-corrected chi connectivity index (χ3v) is 6.91. The van der Waals surface area contributed by atoms with Gasteiger partial charge in [0.1, 0.15) is 5.82 Å². The number of hydrogen-bond acceptors (Lipinski definition) is 5. The first-order chi connectivity index (χ1) is 15.7. The van der Waals surface area contributed by atoms with Gasteiger partial charge in [-0.1, -0.05) is 32.0 Å². The molecule has 0 bridgehead atoms. The summed E-state index contributed by atoms with van der Waals surface area (Å²) < 4.78 is 18.7. The van der Waals surface area contributed by atoms with Crippen molar-refractivity contribution in [2.75, 3.05) is 26.2 Å². The molecule has 0 spiro atoms. The number of halogens is 1. The number of nitrogens with zero attached hydrogens (tertiary/aromatic N) is 3. The zero-order chi connectivity index (χ0) is 23.3. The lowest BCUT2D eigenvalue weighted by atomic mass is 9.85. The molecule has 0 atom stereocenters. The van der Waals surface area contributed by atoms with E-state index in [2.05, 4.69) is 30.8 Å². The molecule has 6 nitrogen and oxygen atoms in total. The molecule has 0 radical (unpaired) electrons. The van der Waals surface area contributed by atoms with Gasteiger partial charge in [0.25, 0.3) is 11.8 Å². The molecule has 172 valence electrons. The highest BCUT2D eigenvalue weighted by Gasteiger charge is 2.36. The highest BCUT2D eigenvalue weighted by Crippen LogP contribution is 2.33. The molecule has 3 aromatic rings. The first-order valence-corrected chi connectivity index (χ1v) is 11.5. The number of rotatable bonds is 4. The van der Waals surface area contributed by atoms with Gasteiger partial charge in [-0.25, -0.2) is 4.39 Å². The largest absolute Gasteiger partial charge is 0.356 e. The van der Waals surface area contributed by atoms with Gasteiger partial charge in [-0.2, -0.15) is 0 Å². The van der Waals surface area contributed by atoms with Crippen LogP contribution in [0.1, 0.15) is 71.5 Å². The molecule has 0 aliphatic carbocycles. The van der Waals surface area contributed by atoms with Gasteiger partial charge in [-0.05, 0) is 61.2 Å². The van der Waals surface area contributed by atoms with Crippen LogP contribution in [0.2, 0.25) is 0 Å². The third-order valence-electron chi connectivity index (χ3n) is 6.91. The maximum absolute atomic E-state index is 13.4. The SMILES string of the molecule is CC(C)(C)c1ccc2c(c1)C(=O)N(CCN1CCC(c3noc4cc(F)ccc34)CC1)C2=O. The van der Waals surface area contributed by atoms with Crippen molar-refractivity contribution in [2.45, 2.75) is 44.9 Å². The Bertz CT molecular complexity index is 1240. The van der Waals surface area contributed by atoms with E-state index in [1.165, 1.54) is 17.0 Å². The predicted molar refractivity (Wildman–Crippen MR) is 123 cm³/mol. The summed E-state index contributed by atoms with van der Waals surface area (Å²) in [5.41, 5.74) is 3.35. The van der Waals surface area contributed by atoms with E-state index in [4.69, 9.17) is 4.52 Å². The molecule has 33 heavy (non-hydrogen) atoms. The second-order valence-corrected chi connectivity index (χ2v) is 10.1. The Labute approximate surface area is 192 Å². The molecule has 2 amide bonds. The summed E-state index contributed by atoms with van der Waals surface area (Å²) in [4.78, 5) is 29.5. The molecule has 0 saturated carbocycles. The molecule has 1 fully saturated rings. The first kappa shape index (κ1) is 21.8. The Kier molecular flexibility index (Phi) is 5.32. The van der Waals surface area contributed by atoms with E-state index in [9.17, 15) is 14.0 Å². The molecule has 1 aromatic heterocycles. The van der Waals surface area contributed by atoms with E-state index in [0.29, 0.717) is 29.8 Å². The van der Waals surface area contributed by atoms with Gasteiger partial charge in [0.15, 0.2) is 5.58 Å². The molecule has 2 aromatic carbocycles. The van der Waals surface area contributed by atoms with Gasteiger partial charge in [-0.3, -0.25) is 14.5 Å². The molecular weight excluding hydrogens is 421 g/mol. The topological polar surface area (TPSA) is 66.7 Å².